The van der Waals surface area contributed by atoms with Crippen LogP contribution in [-0.2, 0) is 9.47 Å². The highest BCUT2D eigenvalue weighted by Gasteiger charge is 2.08. The summed E-state index contributed by atoms with van der Waals surface area (Å²) in [4.78, 5) is 0. The smallest absolute Gasteiger partial charge is 0.119 e. The number of hydrogen-bond donors (Lipinski definition) is 1. The van der Waals surface area contributed by atoms with Gasteiger partial charge in [-0.15, -0.1) is 0 Å². The van der Waals surface area contributed by atoms with E-state index in [1.54, 1.807) is 0 Å². The van der Waals surface area contributed by atoms with Crippen LogP contribution in [0.4, 0.5) is 0 Å². The summed E-state index contributed by atoms with van der Waals surface area (Å²) in [6, 6.07) is 7.46. The highest BCUT2D eigenvalue weighted by atomic mass is 16.5. The van der Waals surface area contributed by atoms with E-state index in [1.807, 2.05) is 38.1 Å². The first kappa shape index (κ1) is 18.0. The third kappa shape index (κ3) is 8.05. The van der Waals surface area contributed by atoms with E-state index in [1.165, 1.54) is 0 Å². The molecule has 1 aromatic rings. The van der Waals surface area contributed by atoms with Crippen LogP contribution in [0.3, 0.4) is 0 Å². The van der Waals surface area contributed by atoms with Crippen molar-refractivity contribution >= 4 is 0 Å². The Hall–Kier alpha value is -1.10. The molecule has 1 atom stereocenters. The lowest BCUT2D eigenvalue weighted by atomic mass is 10.1. The van der Waals surface area contributed by atoms with Gasteiger partial charge in [0, 0.05) is 6.61 Å². The lowest BCUT2D eigenvalue weighted by Gasteiger charge is -2.14. The van der Waals surface area contributed by atoms with Gasteiger partial charge in [0.1, 0.15) is 11.9 Å². The highest BCUT2D eigenvalue weighted by molar-refractivity contribution is 5.28. The Balaban J connectivity index is 2.21. The van der Waals surface area contributed by atoms with Gasteiger partial charge in [0.05, 0.1) is 25.9 Å². The molecule has 0 aliphatic heterocycles. The first-order chi connectivity index (χ1) is 10.1. The minimum atomic E-state index is -0.617. The van der Waals surface area contributed by atoms with Crippen molar-refractivity contribution in [2.45, 2.75) is 45.8 Å². The van der Waals surface area contributed by atoms with Gasteiger partial charge in [0.15, 0.2) is 0 Å². The van der Waals surface area contributed by atoms with E-state index in [9.17, 15) is 5.11 Å². The molecule has 4 heteroatoms. The molecule has 0 radical (unpaired) electrons. The number of unbranched alkanes of at least 4 members (excludes halogenated alkanes) is 1. The topological polar surface area (TPSA) is 47.9 Å². The van der Waals surface area contributed by atoms with Crippen molar-refractivity contribution in [3.05, 3.63) is 29.8 Å². The van der Waals surface area contributed by atoms with Crippen LogP contribution >= 0.6 is 0 Å². The Morgan fingerprint density at radius 3 is 2.29 bits per heavy atom. The molecule has 21 heavy (non-hydrogen) atoms. The molecule has 0 amide bonds. The molecule has 0 heterocycles. The van der Waals surface area contributed by atoms with E-state index in [0.717, 1.165) is 30.8 Å². The second kappa shape index (κ2) is 10.6. The van der Waals surface area contributed by atoms with Crippen LogP contribution in [0.1, 0.15) is 45.3 Å². The summed E-state index contributed by atoms with van der Waals surface area (Å²) in [6.07, 6.45) is 1.74. The van der Waals surface area contributed by atoms with Crippen molar-refractivity contribution < 1.29 is 19.3 Å². The van der Waals surface area contributed by atoms with Crippen LogP contribution in [0.2, 0.25) is 0 Å². The van der Waals surface area contributed by atoms with E-state index in [4.69, 9.17) is 14.2 Å². The second-order valence-corrected chi connectivity index (χ2v) is 5.29. The van der Waals surface area contributed by atoms with Crippen molar-refractivity contribution in [3.8, 4) is 5.75 Å². The quantitative estimate of drug-likeness (QED) is 0.636. The SMILES string of the molecule is CCCCOCCOCC(O)c1ccc(OC(C)C)cc1. The summed E-state index contributed by atoms with van der Waals surface area (Å²) in [5.74, 6) is 0.811. The van der Waals surface area contributed by atoms with E-state index >= 15 is 0 Å². The molecule has 0 aliphatic rings. The first-order valence-corrected chi connectivity index (χ1v) is 7.73. The van der Waals surface area contributed by atoms with Gasteiger partial charge in [-0.05, 0) is 38.0 Å². The predicted octanol–water partition coefficient (Wildman–Crippen LogP) is 3.34. The third-order valence-corrected chi connectivity index (χ3v) is 2.93. The van der Waals surface area contributed by atoms with Crippen molar-refractivity contribution in [1.29, 1.82) is 0 Å². The molecule has 0 spiro atoms. The molecule has 1 unspecified atom stereocenters. The molecular formula is C17H28O4. The van der Waals surface area contributed by atoms with Crippen molar-refractivity contribution in [1.82, 2.24) is 0 Å². The first-order valence-electron chi connectivity index (χ1n) is 7.73. The van der Waals surface area contributed by atoms with Crippen LogP contribution in [0.5, 0.6) is 5.75 Å². The minimum absolute atomic E-state index is 0.150. The number of aliphatic hydroxyl groups excluding tert-OH is 1. The van der Waals surface area contributed by atoms with Gasteiger partial charge >= 0.3 is 0 Å². The molecule has 0 fully saturated rings. The van der Waals surface area contributed by atoms with Gasteiger partial charge in [-0.2, -0.15) is 0 Å². The van der Waals surface area contributed by atoms with E-state index in [0.29, 0.717) is 13.2 Å². The van der Waals surface area contributed by atoms with Gasteiger partial charge in [-0.1, -0.05) is 25.5 Å². The van der Waals surface area contributed by atoms with Crippen LogP contribution in [0.15, 0.2) is 24.3 Å². The van der Waals surface area contributed by atoms with Gasteiger partial charge in [0.25, 0.3) is 0 Å². The predicted molar refractivity (Wildman–Crippen MR) is 83.7 cm³/mol. The number of aliphatic hydroxyl groups is 1. The van der Waals surface area contributed by atoms with Gasteiger partial charge in [-0.25, -0.2) is 0 Å². The minimum Gasteiger partial charge on any atom is -0.491 e. The summed E-state index contributed by atoms with van der Waals surface area (Å²) in [5, 5.41) is 10.0. The maximum Gasteiger partial charge on any atom is 0.119 e. The summed E-state index contributed by atoms with van der Waals surface area (Å²) in [7, 11) is 0. The molecular weight excluding hydrogens is 268 g/mol. The molecule has 0 aliphatic carbocycles. The molecule has 0 aromatic heterocycles. The summed E-state index contributed by atoms with van der Waals surface area (Å²) in [5.41, 5.74) is 0.831. The zero-order chi connectivity index (χ0) is 15.5. The number of benzene rings is 1. The van der Waals surface area contributed by atoms with Crippen molar-refractivity contribution in [2.24, 2.45) is 0 Å². The Morgan fingerprint density at radius 2 is 1.67 bits per heavy atom. The van der Waals surface area contributed by atoms with Crippen LogP contribution in [0, 0.1) is 0 Å². The van der Waals surface area contributed by atoms with Crippen molar-refractivity contribution in [2.75, 3.05) is 26.4 Å². The summed E-state index contributed by atoms with van der Waals surface area (Å²) in [6.45, 7) is 8.25. The number of hydrogen-bond acceptors (Lipinski definition) is 4. The Morgan fingerprint density at radius 1 is 1.00 bits per heavy atom. The van der Waals surface area contributed by atoms with E-state index in [2.05, 4.69) is 6.92 Å². The fourth-order valence-corrected chi connectivity index (χ4v) is 1.80. The zero-order valence-corrected chi connectivity index (χ0v) is 13.4. The fraction of sp³-hybridized carbons (Fsp3) is 0.647. The van der Waals surface area contributed by atoms with Crippen LogP contribution < -0.4 is 4.74 Å². The number of ether oxygens (including phenoxy) is 3. The maximum atomic E-state index is 10.0. The van der Waals surface area contributed by atoms with Crippen LogP contribution in [0.25, 0.3) is 0 Å². The van der Waals surface area contributed by atoms with E-state index in [-0.39, 0.29) is 12.7 Å². The third-order valence-electron chi connectivity index (χ3n) is 2.93. The number of rotatable bonds is 11. The monoisotopic (exact) mass is 296 g/mol. The summed E-state index contributed by atoms with van der Waals surface area (Å²) >= 11 is 0. The molecule has 1 aromatic carbocycles. The lowest BCUT2D eigenvalue weighted by Crippen LogP contribution is -2.11. The molecule has 0 saturated carbocycles. The highest BCUT2D eigenvalue weighted by Crippen LogP contribution is 2.18. The van der Waals surface area contributed by atoms with Gasteiger partial charge in [-0.3, -0.25) is 0 Å². The van der Waals surface area contributed by atoms with Crippen LogP contribution in [-0.4, -0.2) is 37.6 Å². The Kier molecular flexibility index (Phi) is 9.06. The average Bonchev–Trinajstić information content (AvgIpc) is 2.46. The van der Waals surface area contributed by atoms with Crippen molar-refractivity contribution in [3.63, 3.8) is 0 Å². The lowest BCUT2D eigenvalue weighted by molar-refractivity contribution is 0.00273. The largest absolute Gasteiger partial charge is 0.491 e. The fourth-order valence-electron chi connectivity index (χ4n) is 1.80. The molecule has 4 nitrogen and oxygen atoms in total. The standard InChI is InChI=1S/C17H28O4/c1-4-5-10-19-11-12-20-13-17(18)15-6-8-16(9-7-15)21-14(2)3/h6-9,14,17-18H,4-5,10-13H2,1-3H3. The molecule has 120 valence electrons. The molecule has 0 bridgehead atoms. The molecule has 0 saturated heterocycles. The van der Waals surface area contributed by atoms with E-state index < -0.39 is 6.10 Å². The Labute approximate surface area is 128 Å². The second-order valence-electron chi connectivity index (χ2n) is 5.29. The normalized spacial score (nSPS) is 12.6. The maximum absolute atomic E-state index is 10.0. The Bertz CT molecular complexity index is 362. The average molecular weight is 296 g/mol. The zero-order valence-electron chi connectivity index (χ0n) is 13.4. The molecule has 1 N–H and O–H groups in total. The van der Waals surface area contributed by atoms with Gasteiger partial charge in [0.2, 0.25) is 0 Å². The summed E-state index contributed by atoms with van der Waals surface area (Å²) < 4.78 is 16.4. The molecule has 1 rings (SSSR count). The van der Waals surface area contributed by atoms with Gasteiger partial charge < -0.3 is 19.3 Å².